The molecule has 12 N–H and O–H groups in total. The number of hydrogen-bond donors (Lipinski definition) is 12. The Kier molecular flexibility index (Phi) is 30.4. The summed E-state index contributed by atoms with van der Waals surface area (Å²) in [6.45, 7) is 29.0. The summed E-state index contributed by atoms with van der Waals surface area (Å²) in [5.74, 6) is 7.41. The summed E-state index contributed by atoms with van der Waals surface area (Å²) in [6.07, 6.45) is 53.6. The molecule has 8 amide bonds. The van der Waals surface area contributed by atoms with Crippen molar-refractivity contribution in [3.05, 3.63) is 138 Å². The molecule has 0 unspecified atom stereocenters. The quantitative estimate of drug-likeness (QED) is 0.0663. The van der Waals surface area contributed by atoms with Gasteiger partial charge in [0.05, 0.1) is 47.5 Å². The number of piperidine rings is 1. The van der Waals surface area contributed by atoms with Crippen LogP contribution in [0.25, 0.3) is 0 Å². The molecule has 24 rings (SSSR count). The van der Waals surface area contributed by atoms with Crippen molar-refractivity contribution in [2.24, 2.45) is 120 Å². The summed E-state index contributed by atoms with van der Waals surface area (Å²) in [5.41, 5.74) is 0.473. The van der Waals surface area contributed by atoms with Crippen LogP contribution >= 0.6 is 0 Å². The van der Waals surface area contributed by atoms with Crippen molar-refractivity contribution in [2.45, 2.75) is 414 Å². The van der Waals surface area contributed by atoms with Crippen molar-refractivity contribution in [3.8, 4) is 0 Å². The highest BCUT2D eigenvalue weighted by Gasteiger charge is 2.73. The number of hydrogen-bond acceptors (Lipinski definition) is 19. The maximum Gasteiger partial charge on any atom is 0.335 e. The van der Waals surface area contributed by atoms with Crippen LogP contribution in [0.3, 0.4) is 0 Å². The number of rotatable bonds is 11. The van der Waals surface area contributed by atoms with E-state index in [1.54, 1.807) is 25.1 Å². The van der Waals surface area contributed by atoms with E-state index in [1.165, 1.54) is 56.4 Å². The van der Waals surface area contributed by atoms with E-state index in [1.807, 2.05) is 34.1 Å². The van der Waals surface area contributed by atoms with Crippen molar-refractivity contribution in [1.29, 1.82) is 0 Å². The second kappa shape index (κ2) is 42.3. The molecule has 17 aliphatic carbocycles. The zero-order valence-electron chi connectivity index (χ0n) is 91.6. The lowest BCUT2D eigenvalue weighted by molar-refractivity contribution is -0.202. The summed E-state index contributed by atoms with van der Waals surface area (Å²) >= 11 is 0. The molecule has 20 fully saturated rings. The van der Waals surface area contributed by atoms with E-state index in [-0.39, 0.29) is 144 Å². The van der Waals surface area contributed by atoms with Gasteiger partial charge in [0.15, 0.2) is 0 Å². The predicted octanol–water partition coefficient (Wildman–Crippen LogP) is 18.9. The zero-order chi connectivity index (χ0) is 104. The van der Waals surface area contributed by atoms with E-state index in [4.69, 9.17) is 17.7 Å². The second-order valence-electron chi connectivity index (χ2n) is 54.6. The van der Waals surface area contributed by atoms with E-state index >= 15 is 0 Å². The van der Waals surface area contributed by atoms with Gasteiger partial charge in [-0.2, -0.15) is 0 Å². The molecule has 20 aliphatic rings. The number of urea groups is 4. The molecule has 27 nitrogen and oxygen atoms in total. The molecular weight excluding hydrogens is 1880 g/mol. The third kappa shape index (κ3) is 19.5. The fourth-order valence-electron chi connectivity index (χ4n) is 39.7. The van der Waals surface area contributed by atoms with Crippen LogP contribution in [-0.4, -0.2) is 191 Å². The van der Waals surface area contributed by atoms with Crippen LogP contribution in [0.5, 0.6) is 0 Å². The Morgan fingerprint density at radius 2 is 0.624 bits per heavy atom. The Bertz CT molecular complexity index is 5570. The van der Waals surface area contributed by atoms with E-state index in [0.29, 0.717) is 76.9 Å². The van der Waals surface area contributed by atoms with Crippen LogP contribution in [0.15, 0.2) is 110 Å². The number of fused-ring (bicyclic) bond motifs is 20. The Hall–Kier alpha value is -7.40. The van der Waals surface area contributed by atoms with Crippen LogP contribution in [0.1, 0.15) is 384 Å². The van der Waals surface area contributed by atoms with Crippen LogP contribution in [0.2, 0.25) is 0 Å². The van der Waals surface area contributed by atoms with Crippen LogP contribution < -0.4 is 65.0 Å². The molecule has 4 aromatic rings. The first-order valence-corrected chi connectivity index (χ1v) is 59.9. The highest BCUT2D eigenvalue weighted by molar-refractivity contribution is 5.76. The Morgan fingerprint density at radius 1 is 0.309 bits per heavy atom. The molecule has 149 heavy (non-hydrogen) atoms. The van der Waals surface area contributed by atoms with Crippen molar-refractivity contribution in [1.82, 2.24) is 57.2 Å². The van der Waals surface area contributed by atoms with E-state index in [2.05, 4.69) is 110 Å². The van der Waals surface area contributed by atoms with Gasteiger partial charge in [0.2, 0.25) is 0 Å². The summed E-state index contributed by atoms with van der Waals surface area (Å²) in [4.78, 5) is 104. The lowest BCUT2D eigenvalue weighted by Crippen LogP contribution is -2.62. The molecule has 3 aliphatic heterocycles. The third-order valence-electron chi connectivity index (χ3n) is 48.6. The van der Waals surface area contributed by atoms with Crippen molar-refractivity contribution in [3.63, 3.8) is 0 Å². The van der Waals surface area contributed by atoms with Gasteiger partial charge in [0.1, 0.15) is 0 Å². The largest absolute Gasteiger partial charge is 0.431 e. The summed E-state index contributed by atoms with van der Waals surface area (Å²) in [5, 5.41) is 76.3. The first-order valence-electron chi connectivity index (χ1n) is 59.9. The first kappa shape index (κ1) is 107. The number of nitrogens with one attached hydrogen (secondary N) is 8. The van der Waals surface area contributed by atoms with Gasteiger partial charge in [-0.1, -0.05) is 74.7 Å². The molecule has 17 saturated carbocycles. The van der Waals surface area contributed by atoms with Crippen molar-refractivity contribution < 1.29 is 57.3 Å². The van der Waals surface area contributed by atoms with Gasteiger partial charge in [-0.15, -0.1) is 0 Å². The van der Waals surface area contributed by atoms with Gasteiger partial charge < -0.3 is 95.3 Å². The van der Waals surface area contributed by atoms with Crippen molar-refractivity contribution in [2.75, 3.05) is 79.0 Å². The Balaban J connectivity index is 0.000000116. The topological polar surface area (TPSA) is 376 Å². The number of likely N-dealkylation sites (N-methyl/N-ethyl adjacent to an activating group) is 1. The minimum Gasteiger partial charge on any atom is -0.431 e. The highest BCUT2D eigenvalue weighted by atomic mass is 16.4. The van der Waals surface area contributed by atoms with Gasteiger partial charge in [-0.3, -0.25) is 0 Å². The third-order valence-corrected chi connectivity index (χ3v) is 48.6. The maximum absolute atomic E-state index is 13.0. The molecule has 7 heterocycles. The number of piperazine rings is 1. The monoisotopic (exact) mass is 2060 g/mol. The zero-order valence-corrected chi connectivity index (χ0v) is 91.6. The van der Waals surface area contributed by atoms with Crippen LogP contribution in [0.4, 0.5) is 19.2 Å². The molecule has 822 valence electrons. The molecule has 32 atom stereocenters. The SMILES string of the molecule is CN1CCN(C(=O)N[C@H]2CC[C@@]3(C)[C@H](CC[C@@H]4[C@@H]3CC[C@]3(C)[C@@H](c5ccc(=O)oc5)CC[C@]43O)C2)CC1.C[C@]12CC[C@H](NC(=O)N3CCCNCC3)C[C@H]1CC[C@@H]1[C@@H]2CC[C@]2(C)[C@@H](c3ccc(=O)oc3)CC[C@]12O.C[C@]12CC[C@H](NC(=O)NC3CCNCC3)C[C@H]1CC[C@@H]1[C@@H]2CC[C@]2(C)[C@@H](c3ccc(=O)oc3)CC[C@]12O.C[C@]12CC[C@H](NC(=O)NCC3CCCCC3)C[C@H]1CC[C@@H]1[C@@H]2CC[C@]2(C)[C@@H](c3ccc(=O)oc3)CC[C@]12O. The number of carbonyl (C=O) groups excluding carboxylic acids is 4. The molecule has 0 bridgehead atoms. The molecule has 3 saturated heterocycles. The number of aliphatic hydroxyl groups is 4. The van der Waals surface area contributed by atoms with Gasteiger partial charge >= 0.3 is 46.6 Å². The molecule has 4 aromatic heterocycles. The summed E-state index contributed by atoms with van der Waals surface area (Å²) < 4.78 is 20.9. The van der Waals surface area contributed by atoms with Gasteiger partial charge in [-0.05, 0) is 459 Å². The summed E-state index contributed by atoms with van der Waals surface area (Å²) in [6, 6.07) is 15.3. The van der Waals surface area contributed by atoms with Crippen molar-refractivity contribution >= 4 is 24.1 Å². The smallest absolute Gasteiger partial charge is 0.335 e. The highest BCUT2D eigenvalue weighted by Crippen LogP contribution is 2.77. The number of nitrogens with zero attached hydrogens (tertiary/aromatic N) is 3. The fraction of sp³-hybridized carbons (Fsp3) is 0.803. The molecular formula is C122H183N11O16. The van der Waals surface area contributed by atoms with E-state index in [0.717, 1.165) is 345 Å². The first-order chi connectivity index (χ1) is 71.3. The van der Waals surface area contributed by atoms with Gasteiger partial charge in [-0.25, -0.2) is 38.4 Å². The average molecular weight is 2060 g/mol. The standard InChI is InChI=1S/C32H48N2O4.3C30H45N3O4/c1-30-15-12-24(34-29(36)33-19-21-6-4-3-5-7-21)18-23(30)9-10-27-26(30)13-16-31(2)25(14-17-32(27,31)37)22-8-11-28(35)38-20-22;1-28-11-8-22(31-27(35)33-16-14-32(3)15-17-33)18-21(28)5-6-25-24(28)9-12-29(2)23(10-13-30(25,29)36)20-4-7-26(34)37-19-20;1-28-11-8-22(32-27(35)33-16-3-14-31-15-17-33)18-21(28)5-6-25-24(28)9-12-29(2)23(10-13-30(25,29)36)20-4-7-26(34)37-19-20;1-28-12-7-22(33-27(35)32-21-10-15-31-16-11-21)17-20(28)4-5-25-24(28)8-13-29(2)23(9-14-30(25,29)36)19-3-6-26(34)37-18-19/h8,11,20-21,23-27,37H,3-7,9-10,12-19H2,1-2H3,(H2,33,34,36);4,7,19,21-25,36H,5-6,8-18H2,1-3H3,(H,31,35);4,7,19,21-25,31,36H,3,5-6,8-18H2,1-2H3,(H,32,35);3,6,18,20-25,31,36H,4-5,7-17H2,1-2H3,(H2,32,33,35)/t23-,24+,25-,26+,27-,30+,31-,32+;2*21-,22+,23-,24+,25-,28+,29-,30+;20-,22+,23-,24+,25-,28+,29-,30+/m1111/s1. The van der Waals surface area contributed by atoms with Crippen LogP contribution in [0, 0.1) is 120 Å². The molecule has 0 aromatic carbocycles. The minimum atomic E-state index is -0.672. The lowest BCUT2D eigenvalue weighted by atomic mass is 9.43. The lowest BCUT2D eigenvalue weighted by Gasteiger charge is -2.63. The maximum atomic E-state index is 13.0. The number of amides is 8. The Morgan fingerprint density at radius 3 is 0.960 bits per heavy atom. The molecule has 0 radical (unpaired) electrons. The van der Waals surface area contributed by atoms with Gasteiger partial charge in [0, 0.05) is 128 Å². The Labute approximate surface area is 884 Å². The molecule has 27 heteroatoms. The second-order valence-corrected chi connectivity index (χ2v) is 54.6. The van der Waals surface area contributed by atoms with E-state index in [9.17, 15) is 58.8 Å². The number of carbonyl (C=O) groups is 4. The van der Waals surface area contributed by atoms with E-state index < -0.39 is 22.4 Å². The predicted molar refractivity (Wildman–Crippen MR) is 575 cm³/mol. The fourth-order valence-corrected chi connectivity index (χ4v) is 39.7. The normalized spacial score (nSPS) is 43.6. The van der Waals surface area contributed by atoms with Gasteiger partial charge in [0.25, 0.3) is 0 Å². The summed E-state index contributed by atoms with van der Waals surface area (Å²) in [7, 11) is 2.12. The molecule has 0 spiro atoms. The van der Waals surface area contributed by atoms with Crippen LogP contribution in [-0.2, 0) is 0 Å². The minimum absolute atomic E-state index is 0.00526. The average Bonchev–Trinajstić information content (AvgIpc) is 1.59.